The molecule has 0 aromatic carbocycles. The van der Waals surface area contributed by atoms with Crippen LogP contribution in [0, 0.1) is 28.6 Å². The van der Waals surface area contributed by atoms with Crippen molar-refractivity contribution in [3.63, 3.8) is 0 Å². The Labute approximate surface area is 83.4 Å². The van der Waals surface area contributed by atoms with E-state index in [1.54, 1.807) is 12.1 Å². The van der Waals surface area contributed by atoms with Crippen LogP contribution in [-0.2, 0) is 6.42 Å². The lowest BCUT2D eigenvalue weighted by Gasteiger charge is -2.06. The Balaban J connectivity index is 3.43. The molecule has 76 valence electrons. The summed E-state index contributed by atoms with van der Waals surface area (Å²) in [5.41, 5.74) is -1.33. The van der Waals surface area contributed by atoms with Gasteiger partial charge in [-0.2, -0.15) is 14.9 Å². The maximum atomic E-state index is 12.7. The van der Waals surface area contributed by atoms with Crippen molar-refractivity contribution in [1.29, 1.82) is 10.5 Å². The average molecular weight is 211 g/mol. The first-order valence-electron chi connectivity index (χ1n) is 3.84. The predicted octanol–water partition coefficient (Wildman–Crippen LogP) is 2.10. The Morgan fingerprint density at radius 1 is 1.40 bits per heavy atom. The van der Waals surface area contributed by atoms with E-state index in [1.807, 2.05) is 0 Å². The molecule has 1 heterocycles. The maximum Gasteiger partial charge on any atom is 0.280 e. The second-order valence-electron chi connectivity index (χ2n) is 2.60. The number of hydrogen-bond acceptors (Lipinski definition) is 3. The zero-order chi connectivity index (χ0) is 11.4. The van der Waals surface area contributed by atoms with E-state index in [2.05, 4.69) is 4.98 Å². The number of nitriles is 2. The van der Waals surface area contributed by atoms with Gasteiger partial charge in [-0.1, -0.05) is 0 Å². The molecule has 3 nitrogen and oxygen atoms in total. The molecule has 0 fully saturated rings. The number of rotatable bonds is 2. The van der Waals surface area contributed by atoms with E-state index in [9.17, 15) is 13.2 Å². The van der Waals surface area contributed by atoms with E-state index in [4.69, 9.17) is 10.5 Å². The Kier molecular flexibility index (Phi) is 3.25. The summed E-state index contributed by atoms with van der Waals surface area (Å²) < 4.78 is 37.5. The monoisotopic (exact) mass is 211 g/mol. The van der Waals surface area contributed by atoms with Gasteiger partial charge < -0.3 is 0 Å². The summed E-state index contributed by atoms with van der Waals surface area (Å²) in [7, 11) is 0. The molecule has 6 heteroatoms. The lowest BCUT2D eigenvalue weighted by Crippen LogP contribution is -2.03. The molecule has 0 N–H and O–H groups in total. The molecular weight excluding hydrogens is 207 g/mol. The number of pyridine rings is 1. The van der Waals surface area contributed by atoms with Gasteiger partial charge in [-0.15, -0.1) is 0 Å². The molecule has 0 bridgehead atoms. The minimum Gasteiger partial charge on any atom is -0.218 e. The highest BCUT2D eigenvalue weighted by Gasteiger charge is 2.19. The molecule has 1 aromatic heterocycles. The van der Waals surface area contributed by atoms with Crippen molar-refractivity contribution in [2.24, 2.45) is 0 Å². The minimum absolute atomic E-state index is 0.212. The third-order valence-electron chi connectivity index (χ3n) is 1.71. The summed E-state index contributed by atoms with van der Waals surface area (Å²) in [5.74, 6) is -1.15. The molecule has 1 aromatic rings. The number of hydrogen-bond donors (Lipinski definition) is 0. The van der Waals surface area contributed by atoms with Crippen molar-refractivity contribution < 1.29 is 13.2 Å². The molecule has 0 aliphatic heterocycles. The van der Waals surface area contributed by atoms with Crippen molar-refractivity contribution in [2.75, 3.05) is 0 Å². The van der Waals surface area contributed by atoms with E-state index in [-0.39, 0.29) is 11.1 Å². The van der Waals surface area contributed by atoms with Crippen molar-refractivity contribution in [3.8, 4) is 12.1 Å². The van der Waals surface area contributed by atoms with Gasteiger partial charge in [0, 0.05) is 11.6 Å². The average Bonchev–Trinajstić information content (AvgIpc) is 2.19. The molecule has 0 aliphatic rings. The number of aromatic nitrogens is 1. The van der Waals surface area contributed by atoms with Crippen LogP contribution < -0.4 is 0 Å². The number of alkyl halides is 2. The SMILES string of the molecule is N#CCc1c(C#N)cc(F)nc1C(F)F. The van der Waals surface area contributed by atoms with Gasteiger partial charge in [0.05, 0.1) is 24.1 Å². The molecule has 0 saturated heterocycles. The highest BCUT2D eigenvalue weighted by molar-refractivity contribution is 5.41. The third kappa shape index (κ3) is 2.23. The molecule has 0 atom stereocenters. The fraction of sp³-hybridized carbons (Fsp3) is 0.222. The van der Waals surface area contributed by atoms with Gasteiger partial charge in [-0.25, -0.2) is 13.8 Å². The molecule has 0 spiro atoms. The standard InChI is InChI=1S/C9H4F3N3/c10-7-3-5(4-14)6(1-2-13)8(15-7)9(11)12/h3,9H,1H2. The van der Waals surface area contributed by atoms with Crippen LogP contribution in [0.2, 0.25) is 0 Å². The normalized spacial score (nSPS) is 9.73. The molecule has 0 unspecified atom stereocenters. The van der Waals surface area contributed by atoms with Crippen LogP contribution in [0.4, 0.5) is 13.2 Å². The summed E-state index contributed by atoms with van der Waals surface area (Å²) in [4.78, 5) is 2.98. The Morgan fingerprint density at radius 3 is 2.53 bits per heavy atom. The maximum absolute atomic E-state index is 12.7. The van der Waals surface area contributed by atoms with E-state index >= 15 is 0 Å². The van der Waals surface area contributed by atoms with Gasteiger partial charge >= 0.3 is 0 Å². The van der Waals surface area contributed by atoms with Crippen LogP contribution in [0.3, 0.4) is 0 Å². The quantitative estimate of drug-likeness (QED) is 0.703. The molecule has 0 saturated carbocycles. The van der Waals surface area contributed by atoms with Crippen molar-refractivity contribution in [1.82, 2.24) is 4.98 Å². The van der Waals surface area contributed by atoms with Crippen LogP contribution in [0.15, 0.2) is 6.07 Å². The van der Waals surface area contributed by atoms with E-state index < -0.39 is 24.5 Å². The van der Waals surface area contributed by atoms with Gasteiger partial charge in [-0.05, 0) is 0 Å². The largest absolute Gasteiger partial charge is 0.280 e. The highest BCUT2D eigenvalue weighted by Crippen LogP contribution is 2.24. The Morgan fingerprint density at radius 2 is 2.07 bits per heavy atom. The smallest absolute Gasteiger partial charge is 0.218 e. The van der Waals surface area contributed by atoms with Crippen molar-refractivity contribution >= 4 is 0 Å². The fourth-order valence-corrected chi connectivity index (χ4v) is 1.10. The molecular formula is C9H4F3N3. The lowest BCUT2D eigenvalue weighted by atomic mass is 10.0. The first-order valence-corrected chi connectivity index (χ1v) is 3.84. The summed E-state index contributed by atoms with van der Waals surface area (Å²) in [5, 5.41) is 17.0. The van der Waals surface area contributed by atoms with Gasteiger partial charge in [0.25, 0.3) is 6.43 Å². The first-order chi connectivity index (χ1) is 7.10. The zero-order valence-electron chi connectivity index (χ0n) is 7.34. The van der Waals surface area contributed by atoms with Gasteiger partial charge in [0.15, 0.2) is 0 Å². The number of halogens is 3. The van der Waals surface area contributed by atoms with E-state index in [0.29, 0.717) is 0 Å². The van der Waals surface area contributed by atoms with Crippen LogP contribution >= 0.6 is 0 Å². The van der Waals surface area contributed by atoms with Gasteiger partial charge in [0.2, 0.25) is 5.95 Å². The molecule has 15 heavy (non-hydrogen) atoms. The Bertz CT molecular complexity index is 457. The van der Waals surface area contributed by atoms with Crippen molar-refractivity contribution in [3.05, 3.63) is 28.8 Å². The van der Waals surface area contributed by atoms with Crippen LogP contribution in [0.25, 0.3) is 0 Å². The molecule has 0 aliphatic carbocycles. The highest BCUT2D eigenvalue weighted by atomic mass is 19.3. The van der Waals surface area contributed by atoms with Crippen LogP contribution in [0.5, 0.6) is 0 Å². The summed E-state index contributed by atoms with van der Waals surface area (Å²) in [6.07, 6.45) is -3.40. The summed E-state index contributed by atoms with van der Waals surface area (Å²) in [6, 6.07) is 3.91. The minimum atomic E-state index is -3.00. The first kappa shape index (κ1) is 11.0. The second-order valence-corrected chi connectivity index (χ2v) is 2.60. The summed E-state index contributed by atoms with van der Waals surface area (Å²) in [6.45, 7) is 0. The van der Waals surface area contributed by atoms with Gasteiger partial charge in [-0.3, -0.25) is 0 Å². The molecule has 0 radical (unpaired) electrons. The molecule has 0 amide bonds. The predicted molar refractivity (Wildman–Crippen MR) is 43.2 cm³/mol. The summed E-state index contributed by atoms with van der Waals surface area (Å²) >= 11 is 0. The fourth-order valence-electron chi connectivity index (χ4n) is 1.10. The van der Waals surface area contributed by atoms with Crippen molar-refractivity contribution in [2.45, 2.75) is 12.8 Å². The van der Waals surface area contributed by atoms with E-state index in [1.165, 1.54) is 0 Å². The lowest BCUT2D eigenvalue weighted by molar-refractivity contribution is 0.143. The second kappa shape index (κ2) is 4.43. The van der Waals surface area contributed by atoms with Crippen LogP contribution in [0.1, 0.15) is 23.2 Å². The number of nitrogens with zero attached hydrogens (tertiary/aromatic N) is 3. The third-order valence-corrected chi connectivity index (χ3v) is 1.71. The zero-order valence-corrected chi connectivity index (χ0v) is 7.34. The Hall–Kier alpha value is -2.08. The topological polar surface area (TPSA) is 60.5 Å². The molecule has 1 rings (SSSR count). The van der Waals surface area contributed by atoms with Gasteiger partial charge in [0.1, 0.15) is 5.69 Å². The van der Waals surface area contributed by atoms with Crippen LogP contribution in [-0.4, -0.2) is 4.98 Å². The van der Waals surface area contributed by atoms with E-state index in [0.717, 1.165) is 6.07 Å².